The van der Waals surface area contributed by atoms with Gasteiger partial charge >= 0.3 is 6.03 Å². The lowest BCUT2D eigenvalue weighted by molar-refractivity contribution is -0.143. The zero-order valence-electron chi connectivity index (χ0n) is 35.8. The molecular formula is C47H55ClN4O8. The number of amides is 5. The van der Waals surface area contributed by atoms with E-state index in [-0.39, 0.29) is 28.6 Å². The molecular weight excluding hydrogens is 784 g/mol. The van der Waals surface area contributed by atoms with E-state index in [1.54, 1.807) is 42.5 Å². The van der Waals surface area contributed by atoms with E-state index in [2.05, 4.69) is 64.3 Å². The number of urea groups is 1. The Labute approximate surface area is 357 Å². The molecule has 1 fully saturated rings. The average Bonchev–Trinajstić information content (AvgIpc) is 3.49. The standard InChI is InChI=1S/C47H55ClN4O8/c1-10-37(60-38-26-23-32(45(4,5)11-2)27-36(38)46(6,7)12-3)40(54)49-33-19-16-20-34(28-33)50-43(56)47(48,39(53)31-21-24-35(58-8)25-22-31)52-41(55)42(59-9)51(44(52)57)29-30-17-14-13-15-18-30/h13-28,37,42H,10-12,29H2,1-9H3,(H,49,54)(H,50,56). The summed E-state index contributed by atoms with van der Waals surface area (Å²) in [7, 11) is 2.69. The minimum absolute atomic E-state index is 0.0419. The van der Waals surface area contributed by atoms with Gasteiger partial charge in [0, 0.05) is 29.6 Å². The van der Waals surface area contributed by atoms with E-state index in [4.69, 9.17) is 25.8 Å². The number of ether oxygens (including phenoxy) is 3. The quantitative estimate of drug-likeness (QED) is 0.0332. The number of benzene rings is 4. The highest BCUT2D eigenvalue weighted by molar-refractivity contribution is 6.51. The Balaban J connectivity index is 1.43. The number of rotatable bonds is 18. The number of carbonyl (C=O) groups is 5. The number of halogens is 1. The first kappa shape index (κ1) is 45.4. The molecule has 5 amide bonds. The third kappa shape index (κ3) is 9.35. The number of hydrogen-bond acceptors (Lipinski definition) is 8. The van der Waals surface area contributed by atoms with Crippen molar-refractivity contribution in [1.82, 2.24) is 9.80 Å². The number of alkyl halides is 1. The molecule has 0 spiro atoms. The van der Waals surface area contributed by atoms with Gasteiger partial charge in [-0.1, -0.05) is 109 Å². The molecule has 4 aromatic carbocycles. The van der Waals surface area contributed by atoms with Gasteiger partial charge in [-0.15, -0.1) is 0 Å². The van der Waals surface area contributed by atoms with E-state index in [9.17, 15) is 24.0 Å². The summed E-state index contributed by atoms with van der Waals surface area (Å²) in [4.78, 5) is 69.4. The molecule has 5 rings (SSSR count). The fourth-order valence-corrected chi connectivity index (χ4v) is 7.13. The summed E-state index contributed by atoms with van der Waals surface area (Å²) in [6.07, 6.45) is -0.170. The second-order valence-corrected chi connectivity index (χ2v) is 16.6. The zero-order chi connectivity index (χ0) is 44.0. The van der Waals surface area contributed by atoms with Crippen LogP contribution in [0.15, 0.2) is 97.1 Å². The van der Waals surface area contributed by atoms with Crippen molar-refractivity contribution >= 4 is 52.5 Å². The number of nitrogens with zero attached hydrogens (tertiary/aromatic N) is 2. The summed E-state index contributed by atoms with van der Waals surface area (Å²) in [5, 5.41) is 5.50. The minimum atomic E-state index is -2.92. The van der Waals surface area contributed by atoms with Gasteiger partial charge in [0.25, 0.3) is 22.7 Å². The molecule has 0 aromatic heterocycles. The van der Waals surface area contributed by atoms with Crippen LogP contribution in [0.3, 0.4) is 0 Å². The molecule has 1 saturated heterocycles. The lowest BCUT2D eigenvalue weighted by Crippen LogP contribution is -2.60. The Morgan fingerprint density at radius 1 is 0.783 bits per heavy atom. The monoisotopic (exact) mass is 838 g/mol. The Kier molecular flexibility index (Phi) is 14.1. The Morgan fingerprint density at radius 3 is 2.00 bits per heavy atom. The summed E-state index contributed by atoms with van der Waals surface area (Å²) in [5.41, 5.74) is 2.96. The fourth-order valence-electron chi connectivity index (χ4n) is 6.81. The predicted molar refractivity (Wildman–Crippen MR) is 232 cm³/mol. The molecule has 3 unspecified atom stereocenters. The minimum Gasteiger partial charge on any atom is -0.497 e. The van der Waals surface area contributed by atoms with E-state index >= 15 is 0 Å². The van der Waals surface area contributed by atoms with Crippen LogP contribution in [0.5, 0.6) is 11.5 Å². The number of ketones is 1. The molecule has 0 saturated carbocycles. The van der Waals surface area contributed by atoms with Gasteiger partial charge in [-0.25, -0.2) is 9.69 Å². The summed E-state index contributed by atoms with van der Waals surface area (Å²) < 4.78 is 17.1. The maximum Gasteiger partial charge on any atom is 0.331 e. The van der Waals surface area contributed by atoms with Crippen LogP contribution in [0.2, 0.25) is 0 Å². The molecule has 1 aliphatic heterocycles. The molecule has 0 aliphatic carbocycles. The fraction of sp³-hybridized carbons (Fsp3) is 0.383. The van der Waals surface area contributed by atoms with Crippen LogP contribution in [0.1, 0.15) is 94.8 Å². The Morgan fingerprint density at radius 2 is 1.42 bits per heavy atom. The van der Waals surface area contributed by atoms with Crippen molar-refractivity contribution in [3.8, 4) is 11.5 Å². The summed E-state index contributed by atoms with van der Waals surface area (Å²) in [6.45, 7) is 14.8. The van der Waals surface area contributed by atoms with Crippen molar-refractivity contribution in [3.05, 3.63) is 119 Å². The van der Waals surface area contributed by atoms with Crippen LogP contribution in [-0.2, 0) is 36.5 Å². The molecule has 2 N–H and O–H groups in total. The smallest absolute Gasteiger partial charge is 0.331 e. The highest BCUT2D eigenvalue weighted by Gasteiger charge is 2.61. The van der Waals surface area contributed by atoms with Crippen molar-refractivity contribution in [2.45, 2.75) is 102 Å². The lowest BCUT2D eigenvalue weighted by atomic mass is 9.76. The van der Waals surface area contributed by atoms with Crippen LogP contribution in [-0.4, -0.2) is 70.9 Å². The van der Waals surface area contributed by atoms with Crippen LogP contribution >= 0.6 is 11.6 Å². The number of carbonyl (C=O) groups excluding carboxylic acids is 5. The maximum atomic E-state index is 14.4. The van der Waals surface area contributed by atoms with Gasteiger partial charge in [0.15, 0.2) is 6.10 Å². The van der Waals surface area contributed by atoms with Crippen molar-refractivity contribution in [3.63, 3.8) is 0 Å². The number of hydrogen-bond donors (Lipinski definition) is 2. The molecule has 4 aromatic rings. The number of methoxy groups -OCH3 is 2. The van der Waals surface area contributed by atoms with Gasteiger partial charge in [0.2, 0.25) is 12.0 Å². The summed E-state index contributed by atoms with van der Waals surface area (Å²) in [5.74, 6) is -2.62. The topological polar surface area (TPSA) is 144 Å². The maximum absolute atomic E-state index is 14.4. The summed E-state index contributed by atoms with van der Waals surface area (Å²) >= 11 is 7.07. The molecule has 318 valence electrons. The van der Waals surface area contributed by atoms with E-state index in [0.717, 1.165) is 23.3 Å². The van der Waals surface area contributed by atoms with Gasteiger partial charge in [0.05, 0.1) is 13.7 Å². The normalized spacial score (nSPS) is 15.9. The lowest BCUT2D eigenvalue weighted by Gasteiger charge is -2.32. The van der Waals surface area contributed by atoms with Crippen molar-refractivity contribution in [2.24, 2.45) is 0 Å². The van der Waals surface area contributed by atoms with Gasteiger partial charge in [-0.2, -0.15) is 0 Å². The van der Waals surface area contributed by atoms with Crippen LogP contribution in [0, 0.1) is 0 Å². The van der Waals surface area contributed by atoms with E-state index in [0.29, 0.717) is 34.1 Å². The van der Waals surface area contributed by atoms with Gasteiger partial charge < -0.3 is 24.8 Å². The Hall–Kier alpha value is -5.72. The average molecular weight is 839 g/mol. The zero-order valence-corrected chi connectivity index (χ0v) is 36.5. The number of Topliss-reactive ketones (excluding diaryl/α,β-unsaturated/α-hetero) is 1. The van der Waals surface area contributed by atoms with Crippen molar-refractivity contribution in [1.29, 1.82) is 0 Å². The Bertz CT molecular complexity index is 2210. The molecule has 3 atom stereocenters. The molecule has 1 heterocycles. The molecule has 0 radical (unpaired) electrons. The van der Waals surface area contributed by atoms with Crippen LogP contribution < -0.4 is 20.1 Å². The van der Waals surface area contributed by atoms with Gasteiger partial charge in [0.1, 0.15) is 11.5 Å². The van der Waals surface area contributed by atoms with Gasteiger partial charge in [-0.3, -0.25) is 24.1 Å². The molecule has 60 heavy (non-hydrogen) atoms. The van der Waals surface area contributed by atoms with E-state index in [1.807, 2.05) is 13.0 Å². The molecule has 1 aliphatic rings. The number of nitrogens with one attached hydrogen (secondary N) is 2. The third-order valence-electron chi connectivity index (χ3n) is 11.4. The largest absolute Gasteiger partial charge is 0.497 e. The number of imide groups is 1. The summed E-state index contributed by atoms with van der Waals surface area (Å²) in [6, 6.07) is 26.0. The predicted octanol–water partition coefficient (Wildman–Crippen LogP) is 9.06. The number of anilines is 2. The second-order valence-electron chi connectivity index (χ2n) is 16.1. The third-order valence-corrected chi connectivity index (χ3v) is 11.9. The van der Waals surface area contributed by atoms with Crippen LogP contribution in [0.4, 0.5) is 16.2 Å². The SMILES string of the molecule is CCC(Oc1ccc(C(C)(C)CC)cc1C(C)(C)CC)C(=O)Nc1cccc(NC(=O)C(Cl)(C(=O)c2ccc(OC)cc2)N2C(=O)C(OC)N(Cc3ccccc3)C2=O)c1. The van der Waals surface area contributed by atoms with Crippen LogP contribution in [0.25, 0.3) is 0 Å². The van der Waals surface area contributed by atoms with E-state index < -0.39 is 46.9 Å². The van der Waals surface area contributed by atoms with Gasteiger partial charge in [-0.05, 0) is 89.8 Å². The first-order chi connectivity index (χ1) is 28.4. The molecule has 13 heteroatoms. The molecule has 0 bridgehead atoms. The first-order valence-electron chi connectivity index (χ1n) is 20.1. The highest BCUT2D eigenvalue weighted by atomic mass is 35.5. The highest BCUT2D eigenvalue weighted by Crippen LogP contribution is 2.40. The first-order valence-corrected chi connectivity index (χ1v) is 20.5. The van der Waals surface area contributed by atoms with Crippen molar-refractivity contribution < 1.29 is 38.2 Å². The van der Waals surface area contributed by atoms with Crippen molar-refractivity contribution in [2.75, 3.05) is 24.9 Å². The van der Waals surface area contributed by atoms with E-state index in [1.165, 1.54) is 56.2 Å². The molecule has 12 nitrogen and oxygen atoms in total. The second kappa shape index (κ2) is 18.7.